The Labute approximate surface area is 142 Å². The van der Waals surface area contributed by atoms with Gasteiger partial charge in [-0.15, -0.1) is 11.3 Å². The first-order valence-electron chi connectivity index (χ1n) is 8.52. The van der Waals surface area contributed by atoms with E-state index in [1.807, 2.05) is 6.20 Å². The molecule has 5 heteroatoms. The van der Waals surface area contributed by atoms with Gasteiger partial charge < -0.3 is 5.32 Å². The minimum atomic E-state index is 0.444. The number of benzene rings is 1. The van der Waals surface area contributed by atoms with E-state index in [1.165, 1.54) is 28.2 Å². The van der Waals surface area contributed by atoms with Gasteiger partial charge in [0, 0.05) is 56.5 Å². The van der Waals surface area contributed by atoms with Crippen molar-refractivity contribution in [2.45, 2.75) is 25.9 Å². The van der Waals surface area contributed by atoms with E-state index in [9.17, 15) is 0 Å². The molecule has 122 valence electrons. The van der Waals surface area contributed by atoms with E-state index >= 15 is 0 Å². The van der Waals surface area contributed by atoms with E-state index in [-0.39, 0.29) is 0 Å². The van der Waals surface area contributed by atoms with Crippen molar-refractivity contribution in [1.29, 1.82) is 0 Å². The van der Waals surface area contributed by atoms with Crippen LogP contribution in [0, 0.1) is 0 Å². The van der Waals surface area contributed by atoms with Crippen LogP contribution in [0.1, 0.15) is 29.1 Å². The molecule has 1 unspecified atom stereocenters. The summed E-state index contributed by atoms with van der Waals surface area (Å²) in [6.45, 7) is 8.97. The van der Waals surface area contributed by atoms with Crippen molar-refractivity contribution in [1.82, 2.24) is 14.8 Å². The number of para-hydroxylation sites is 1. The maximum Gasteiger partial charge on any atom is 0.109 e. The largest absolute Gasteiger partial charge is 0.384 e. The fourth-order valence-corrected chi connectivity index (χ4v) is 4.42. The van der Waals surface area contributed by atoms with Crippen molar-refractivity contribution in [3.63, 3.8) is 0 Å². The molecule has 0 radical (unpaired) electrons. The number of anilines is 1. The fourth-order valence-electron chi connectivity index (χ4n) is 3.69. The standard InChI is InChI=1S/C18H24N4S/c1-14(18-20-7-12-23-18)22-10-8-21(9-11-22)13-16-4-2-3-15-5-6-19-17(15)16/h2-4,7,12,14,19H,5-6,8-11,13H2,1H3. The molecule has 0 bridgehead atoms. The summed E-state index contributed by atoms with van der Waals surface area (Å²) in [5, 5.41) is 6.87. The van der Waals surface area contributed by atoms with Crippen molar-refractivity contribution in [2.24, 2.45) is 0 Å². The second kappa shape index (κ2) is 6.59. The molecule has 0 saturated carbocycles. The molecule has 2 aromatic rings. The maximum absolute atomic E-state index is 4.47. The first kappa shape index (κ1) is 15.1. The van der Waals surface area contributed by atoms with Crippen molar-refractivity contribution < 1.29 is 0 Å². The molecule has 1 saturated heterocycles. The summed E-state index contributed by atoms with van der Waals surface area (Å²) >= 11 is 1.77. The van der Waals surface area contributed by atoms with Gasteiger partial charge in [0.1, 0.15) is 5.01 Å². The summed E-state index contributed by atoms with van der Waals surface area (Å²) < 4.78 is 0. The summed E-state index contributed by atoms with van der Waals surface area (Å²) in [6, 6.07) is 7.19. The SMILES string of the molecule is CC(c1nccs1)N1CCN(Cc2cccc3c2NCC3)CC1. The molecule has 2 aliphatic rings. The number of nitrogens with one attached hydrogen (secondary N) is 1. The van der Waals surface area contributed by atoms with Crippen LogP contribution in [0.3, 0.4) is 0 Å². The number of aromatic nitrogens is 1. The lowest BCUT2D eigenvalue weighted by Gasteiger charge is -2.37. The van der Waals surface area contributed by atoms with Gasteiger partial charge in [-0.1, -0.05) is 18.2 Å². The third kappa shape index (κ3) is 3.13. The van der Waals surface area contributed by atoms with Gasteiger partial charge in [-0.05, 0) is 24.5 Å². The van der Waals surface area contributed by atoms with Crippen LogP contribution < -0.4 is 5.32 Å². The lowest BCUT2D eigenvalue weighted by atomic mass is 10.1. The third-order valence-corrected chi connectivity index (χ3v) is 6.04. The summed E-state index contributed by atoms with van der Waals surface area (Å²) in [5.41, 5.74) is 4.34. The molecule has 1 aromatic carbocycles. The molecule has 1 atom stereocenters. The molecular formula is C18H24N4S. The molecule has 0 spiro atoms. The number of piperazine rings is 1. The Kier molecular flexibility index (Phi) is 4.33. The summed E-state index contributed by atoms with van der Waals surface area (Å²) in [4.78, 5) is 9.61. The molecule has 1 N–H and O–H groups in total. The number of thiazole rings is 1. The van der Waals surface area contributed by atoms with Crippen LogP contribution in [0.5, 0.6) is 0 Å². The topological polar surface area (TPSA) is 31.4 Å². The van der Waals surface area contributed by atoms with E-state index in [1.54, 1.807) is 11.3 Å². The van der Waals surface area contributed by atoms with Crippen LogP contribution in [-0.2, 0) is 13.0 Å². The molecule has 0 aliphatic carbocycles. The molecule has 4 rings (SSSR count). The molecular weight excluding hydrogens is 304 g/mol. The van der Waals surface area contributed by atoms with Crippen molar-refractivity contribution in [2.75, 3.05) is 38.0 Å². The fraction of sp³-hybridized carbons (Fsp3) is 0.500. The van der Waals surface area contributed by atoms with Gasteiger partial charge in [0.05, 0.1) is 6.04 Å². The van der Waals surface area contributed by atoms with E-state index in [0.717, 1.165) is 39.3 Å². The average Bonchev–Trinajstić information content (AvgIpc) is 3.27. The lowest BCUT2D eigenvalue weighted by Crippen LogP contribution is -2.46. The third-order valence-electron chi connectivity index (χ3n) is 5.09. The average molecular weight is 328 g/mol. The summed E-state index contributed by atoms with van der Waals surface area (Å²) in [7, 11) is 0. The van der Waals surface area contributed by atoms with Crippen molar-refractivity contribution in [3.8, 4) is 0 Å². The van der Waals surface area contributed by atoms with E-state index in [0.29, 0.717) is 6.04 Å². The highest BCUT2D eigenvalue weighted by molar-refractivity contribution is 7.09. The molecule has 3 heterocycles. The van der Waals surface area contributed by atoms with Gasteiger partial charge in [-0.3, -0.25) is 9.80 Å². The molecule has 0 amide bonds. The van der Waals surface area contributed by atoms with Crippen LogP contribution in [0.15, 0.2) is 29.8 Å². The molecule has 2 aliphatic heterocycles. The zero-order chi connectivity index (χ0) is 15.6. The van der Waals surface area contributed by atoms with Crippen molar-refractivity contribution in [3.05, 3.63) is 45.9 Å². The number of rotatable bonds is 4. The van der Waals surface area contributed by atoms with Gasteiger partial charge in [0.25, 0.3) is 0 Å². The Balaban J connectivity index is 1.36. The van der Waals surface area contributed by atoms with E-state index in [2.05, 4.69) is 50.6 Å². The van der Waals surface area contributed by atoms with Crippen molar-refractivity contribution >= 4 is 17.0 Å². The van der Waals surface area contributed by atoms with Gasteiger partial charge in [-0.2, -0.15) is 0 Å². The summed E-state index contributed by atoms with van der Waals surface area (Å²) in [6.07, 6.45) is 3.08. The highest BCUT2D eigenvalue weighted by Gasteiger charge is 2.24. The van der Waals surface area contributed by atoms with Crippen LogP contribution >= 0.6 is 11.3 Å². The Bertz CT molecular complexity index is 647. The molecule has 23 heavy (non-hydrogen) atoms. The minimum absolute atomic E-state index is 0.444. The minimum Gasteiger partial charge on any atom is -0.384 e. The zero-order valence-electron chi connectivity index (χ0n) is 13.7. The number of nitrogens with zero attached hydrogens (tertiary/aromatic N) is 3. The second-order valence-electron chi connectivity index (χ2n) is 6.49. The van der Waals surface area contributed by atoms with Crippen LogP contribution in [0.4, 0.5) is 5.69 Å². The van der Waals surface area contributed by atoms with Gasteiger partial charge in [0.15, 0.2) is 0 Å². The van der Waals surface area contributed by atoms with Gasteiger partial charge in [0.2, 0.25) is 0 Å². The quantitative estimate of drug-likeness (QED) is 0.935. The number of hydrogen-bond donors (Lipinski definition) is 1. The maximum atomic E-state index is 4.47. The Morgan fingerprint density at radius 2 is 2.13 bits per heavy atom. The molecule has 1 fully saturated rings. The number of hydrogen-bond acceptors (Lipinski definition) is 5. The first-order valence-corrected chi connectivity index (χ1v) is 9.39. The zero-order valence-corrected chi connectivity index (χ0v) is 14.5. The monoisotopic (exact) mass is 328 g/mol. The van der Waals surface area contributed by atoms with Crippen LogP contribution in [0.25, 0.3) is 0 Å². The van der Waals surface area contributed by atoms with Crippen LogP contribution in [-0.4, -0.2) is 47.5 Å². The Morgan fingerprint density at radius 1 is 1.26 bits per heavy atom. The lowest BCUT2D eigenvalue weighted by molar-refractivity contribution is 0.0979. The van der Waals surface area contributed by atoms with Crippen LogP contribution in [0.2, 0.25) is 0 Å². The normalized spacial score (nSPS) is 20.2. The first-order chi connectivity index (χ1) is 11.3. The summed E-state index contributed by atoms with van der Waals surface area (Å²) in [5.74, 6) is 0. The Morgan fingerprint density at radius 3 is 2.91 bits per heavy atom. The highest BCUT2D eigenvalue weighted by Crippen LogP contribution is 2.28. The van der Waals surface area contributed by atoms with E-state index < -0.39 is 0 Å². The predicted molar refractivity (Wildman–Crippen MR) is 96.0 cm³/mol. The predicted octanol–water partition coefficient (Wildman–Crippen LogP) is 2.99. The molecule has 1 aromatic heterocycles. The number of fused-ring (bicyclic) bond motifs is 1. The highest BCUT2D eigenvalue weighted by atomic mass is 32.1. The smallest absolute Gasteiger partial charge is 0.109 e. The van der Waals surface area contributed by atoms with Gasteiger partial charge in [-0.25, -0.2) is 4.98 Å². The molecule has 4 nitrogen and oxygen atoms in total. The Hall–Kier alpha value is -1.43. The second-order valence-corrected chi connectivity index (χ2v) is 7.41. The van der Waals surface area contributed by atoms with Gasteiger partial charge >= 0.3 is 0 Å². The van der Waals surface area contributed by atoms with E-state index in [4.69, 9.17) is 0 Å².